The normalized spacial score (nSPS) is 10.2. The van der Waals surface area contributed by atoms with Crippen molar-refractivity contribution in [3.63, 3.8) is 0 Å². The van der Waals surface area contributed by atoms with E-state index in [2.05, 4.69) is 14.7 Å². The van der Waals surface area contributed by atoms with Gasteiger partial charge in [0.2, 0.25) is 0 Å². The van der Waals surface area contributed by atoms with E-state index in [1.54, 1.807) is 12.4 Å². The molecule has 5 N–H and O–H groups in total. The molecule has 0 saturated heterocycles. The van der Waals surface area contributed by atoms with Crippen molar-refractivity contribution in [2.24, 2.45) is 5.73 Å². The molecule has 0 radical (unpaired) electrons. The largest absolute Gasteiger partial charge is 0.382 e. The van der Waals surface area contributed by atoms with Gasteiger partial charge in [0.25, 0.3) is 5.91 Å². The number of aromatic nitrogens is 2. The van der Waals surface area contributed by atoms with Gasteiger partial charge in [-0.05, 0) is 29.6 Å². The van der Waals surface area contributed by atoms with Gasteiger partial charge in [0.15, 0.2) is 5.82 Å². The Hall–Kier alpha value is -2.15. The minimum absolute atomic E-state index is 0.177. The van der Waals surface area contributed by atoms with E-state index in [9.17, 15) is 4.79 Å². The summed E-state index contributed by atoms with van der Waals surface area (Å²) in [5.41, 5.74) is 12.2. The van der Waals surface area contributed by atoms with E-state index in [0.29, 0.717) is 11.5 Å². The number of nitrogens with zero attached hydrogens (tertiary/aromatic N) is 2. The topological polar surface area (TPSA) is 107 Å². The zero-order chi connectivity index (χ0) is 13.0. The van der Waals surface area contributed by atoms with Crippen LogP contribution in [0.15, 0.2) is 24.5 Å². The lowest BCUT2D eigenvalue weighted by Crippen LogP contribution is -2.15. The van der Waals surface area contributed by atoms with Gasteiger partial charge in [-0.2, -0.15) is 4.37 Å². The number of anilines is 2. The average Bonchev–Trinajstić information content (AvgIpc) is 2.72. The summed E-state index contributed by atoms with van der Waals surface area (Å²) in [6.07, 6.45) is 4.33. The Morgan fingerprint density at radius 1 is 1.50 bits per heavy atom. The zero-order valence-electron chi connectivity index (χ0n) is 9.59. The monoisotopic (exact) mass is 263 g/mol. The number of pyridine rings is 1. The Labute approximate surface area is 108 Å². The van der Waals surface area contributed by atoms with Crippen molar-refractivity contribution in [3.8, 4) is 0 Å². The molecule has 2 aromatic rings. The van der Waals surface area contributed by atoms with Crippen molar-refractivity contribution in [1.82, 2.24) is 9.36 Å². The van der Waals surface area contributed by atoms with Crippen LogP contribution >= 0.6 is 11.5 Å². The van der Waals surface area contributed by atoms with Gasteiger partial charge < -0.3 is 16.8 Å². The highest BCUT2D eigenvalue weighted by molar-refractivity contribution is 7.11. The van der Waals surface area contributed by atoms with Crippen molar-refractivity contribution in [2.45, 2.75) is 6.42 Å². The number of carbonyl (C=O) groups excluding carboxylic acids is 1. The van der Waals surface area contributed by atoms with E-state index in [-0.39, 0.29) is 11.4 Å². The van der Waals surface area contributed by atoms with Crippen LogP contribution in [0.25, 0.3) is 0 Å². The van der Waals surface area contributed by atoms with Crippen LogP contribution in [0, 0.1) is 0 Å². The molecular formula is C11H13N5OS. The second-order valence-corrected chi connectivity index (χ2v) is 4.45. The lowest BCUT2D eigenvalue weighted by Gasteiger charge is -2.04. The summed E-state index contributed by atoms with van der Waals surface area (Å²) >= 11 is 1.14. The second-order valence-electron chi connectivity index (χ2n) is 3.67. The van der Waals surface area contributed by atoms with Gasteiger partial charge >= 0.3 is 0 Å². The number of carbonyl (C=O) groups is 1. The van der Waals surface area contributed by atoms with Crippen LogP contribution in [0.1, 0.15) is 15.9 Å². The number of nitrogens with one attached hydrogen (secondary N) is 1. The van der Waals surface area contributed by atoms with Gasteiger partial charge in [-0.3, -0.25) is 9.78 Å². The fourth-order valence-corrected chi connectivity index (χ4v) is 2.27. The van der Waals surface area contributed by atoms with Crippen molar-refractivity contribution < 1.29 is 4.79 Å². The molecule has 0 aliphatic carbocycles. The predicted octanol–water partition coefficient (Wildman–Crippen LogP) is 0.874. The van der Waals surface area contributed by atoms with Crippen LogP contribution in [-0.2, 0) is 6.42 Å². The minimum Gasteiger partial charge on any atom is -0.382 e. The lowest BCUT2D eigenvalue weighted by molar-refractivity contribution is 0.100. The molecule has 0 aromatic carbocycles. The van der Waals surface area contributed by atoms with Crippen LogP contribution in [0.2, 0.25) is 0 Å². The standard InChI is InChI=1S/C11H13N5OS/c12-9-8(10(13)17)11(18-16-9)15-5-3-7-2-1-4-14-6-7/h1-2,4,6,15H,3,5H2,(H2,12,16)(H2,13,17). The molecule has 18 heavy (non-hydrogen) atoms. The molecule has 2 rings (SSSR count). The van der Waals surface area contributed by atoms with Crippen molar-refractivity contribution in [2.75, 3.05) is 17.6 Å². The number of nitrogens with two attached hydrogens (primary N) is 2. The summed E-state index contributed by atoms with van der Waals surface area (Å²) in [6.45, 7) is 0.660. The highest BCUT2D eigenvalue weighted by atomic mass is 32.1. The van der Waals surface area contributed by atoms with Crippen LogP contribution in [0.3, 0.4) is 0 Å². The molecule has 1 amide bonds. The zero-order valence-corrected chi connectivity index (χ0v) is 10.4. The van der Waals surface area contributed by atoms with Crippen LogP contribution in [-0.4, -0.2) is 21.8 Å². The van der Waals surface area contributed by atoms with E-state index >= 15 is 0 Å². The first-order chi connectivity index (χ1) is 8.68. The summed E-state index contributed by atoms with van der Waals surface area (Å²) in [4.78, 5) is 15.2. The Balaban J connectivity index is 1.97. The van der Waals surface area contributed by atoms with Crippen LogP contribution in [0.4, 0.5) is 10.8 Å². The predicted molar refractivity (Wildman–Crippen MR) is 71.5 cm³/mol. The van der Waals surface area contributed by atoms with Gasteiger partial charge in [0.05, 0.1) is 0 Å². The first kappa shape index (κ1) is 12.3. The third-order valence-corrected chi connectivity index (χ3v) is 3.21. The molecule has 0 fully saturated rings. The fraction of sp³-hybridized carbons (Fsp3) is 0.182. The third-order valence-electron chi connectivity index (χ3n) is 2.39. The Morgan fingerprint density at radius 3 is 3.00 bits per heavy atom. The quantitative estimate of drug-likeness (QED) is 0.742. The molecule has 2 aromatic heterocycles. The van der Waals surface area contributed by atoms with E-state index in [1.165, 1.54) is 0 Å². The number of rotatable bonds is 5. The summed E-state index contributed by atoms with van der Waals surface area (Å²) in [5, 5.41) is 3.73. The Bertz CT molecular complexity index is 540. The molecule has 6 nitrogen and oxygen atoms in total. The van der Waals surface area contributed by atoms with E-state index in [0.717, 1.165) is 23.5 Å². The molecule has 0 atom stereocenters. The number of nitrogen functional groups attached to an aromatic ring is 1. The lowest BCUT2D eigenvalue weighted by atomic mass is 10.2. The van der Waals surface area contributed by atoms with Gasteiger partial charge in [0, 0.05) is 18.9 Å². The average molecular weight is 263 g/mol. The van der Waals surface area contributed by atoms with Crippen LogP contribution < -0.4 is 16.8 Å². The van der Waals surface area contributed by atoms with Crippen LogP contribution in [0.5, 0.6) is 0 Å². The number of hydrogen-bond donors (Lipinski definition) is 3. The SMILES string of the molecule is NC(=O)c1c(N)nsc1NCCc1cccnc1. The van der Waals surface area contributed by atoms with Gasteiger partial charge in [0.1, 0.15) is 10.6 Å². The Kier molecular flexibility index (Phi) is 3.73. The molecule has 0 bridgehead atoms. The molecule has 7 heteroatoms. The van der Waals surface area contributed by atoms with E-state index in [4.69, 9.17) is 11.5 Å². The maximum atomic E-state index is 11.2. The minimum atomic E-state index is -0.565. The molecule has 0 spiro atoms. The summed E-state index contributed by atoms with van der Waals surface area (Å²) < 4.78 is 3.91. The summed E-state index contributed by atoms with van der Waals surface area (Å²) in [5.74, 6) is -0.387. The van der Waals surface area contributed by atoms with Crippen molar-refractivity contribution >= 4 is 28.3 Å². The van der Waals surface area contributed by atoms with Gasteiger partial charge in [-0.15, -0.1) is 0 Å². The molecule has 2 heterocycles. The number of primary amides is 1. The highest BCUT2D eigenvalue weighted by Crippen LogP contribution is 2.25. The maximum Gasteiger partial charge on any atom is 0.255 e. The molecule has 94 valence electrons. The molecule has 0 aliphatic rings. The number of hydrogen-bond acceptors (Lipinski definition) is 6. The fourth-order valence-electron chi connectivity index (χ4n) is 1.53. The maximum absolute atomic E-state index is 11.2. The third kappa shape index (κ3) is 2.75. The summed E-state index contributed by atoms with van der Waals surface area (Å²) in [6, 6.07) is 3.87. The molecule has 0 unspecified atom stereocenters. The van der Waals surface area contributed by atoms with E-state index in [1.807, 2.05) is 12.1 Å². The molecule has 0 saturated carbocycles. The highest BCUT2D eigenvalue weighted by Gasteiger charge is 2.15. The van der Waals surface area contributed by atoms with Crippen molar-refractivity contribution in [3.05, 3.63) is 35.7 Å². The first-order valence-electron chi connectivity index (χ1n) is 5.36. The Morgan fingerprint density at radius 2 is 2.33 bits per heavy atom. The smallest absolute Gasteiger partial charge is 0.255 e. The first-order valence-corrected chi connectivity index (χ1v) is 6.13. The van der Waals surface area contributed by atoms with Gasteiger partial charge in [-0.25, -0.2) is 0 Å². The second kappa shape index (κ2) is 5.46. The molecule has 0 aliphatic heterocycles. The summed E-state index contributed by atoms with van der Waals surface area (Å²) in [7, 11) is 0. The van der Waals surface area contributed by atoms with Gasteiger partial charge in [-0.1, -0.05) is 6.07 Å². The molecular weight excluding hydrogens is 250 g/mol. The van der Waals surface area contributed by atoms with Crippen molar-refractivity contribution in [1.29, 1.82) is 0 Å². The number of amides is 1. The van der Waals surface area contributed by atoms with E-state index < -0.39 is 5.91 Å².